The molecule has 0 aliphatic rings. The highest BCUT2D eigenvalue weighted by Gasteiger charge is 2.17. The van der Waals surface area contributed by atoms with Crippen molar-refractivity contribution in [1.29, 1.82) is 0 Å². The molecule has 1 heterocycles. The Morgan fingerprint density at radius 2 is 1.93 bits per heavy atom. The molecule has 0 fully saturated rings. The highest BCUT2D eigenvalue weighted by molar-refractivity contribution is 6.29. The average molecular weight is 221 g/mol. The lowest BCUT2D eigenvalue weighted by Gasteiger charge is -2.20. The molecule has 2 N–H and O–H groups in total. The Morgan fingerprint density at radius 3 is 2.60 bits per heavy atom. The van der Waals surface area contributed by atoms with Gasteiger partial charge in [0.15, 0.2) is 0 Å². The Labute approximate surface area is 94.1 Å². The molecule has 15 heavy (non-hydrogen) atoms. The lowest BCUT2D eigenvalue weighted by molar-refractivity contribution is 0.558. The summed E-state index contributed by atoms with van der Waals surface area (Å²) in [7, 11) is 0. The molecule has 0 saturated carbocycles. The minimum atomic E-state index is -0.406. The van der Waals surface area contributed by atoms with Crippen molar-refractivity contribution in [1.82, 2.24) is 4.98 Å². The monoisotopic (exact) mass is 220 g/mol. The number of para-hydroxylation sites is 1. The third-order valence-corrected chi connectivity index (χ3v) is 2.59. The van der Waals surface area contributed by atoms with Crippen molar-refractivity contribution >= 4 is 22.5 Å². The van der Waals surface area contributed by atoms with Crippen LogP contribution in [0.3, 0.4) is 0 Å². The maximum atomic E-state index is 6.09. The minimum absolute atomic E-state index is 0.406. The Balaban J connectivity index is 2.80. The summed E-state index contributed by atoms with van der Waals surface area (Å²) < 4.78 is 0. The number of aromatic nitrogens is 1. The van der Waals surface area contributed by atoms with Crippen LogP contribution in [-0.2, 0) is 5.54 Å². The summed E-state index contributed by atoms with van der Waals surface area (Å²) in [6.45, 7) is 3.93. The van der Waals surface area contributed by atoms with Gasteiger partial charge in [-0.25, -0.2) is 4.98 Å². The van der Waals surface area contributed by atoms with Gasteiger partial charge < -0.3 is 5.73 Å². The highest BCUT2D eigenvalue weighted by atomic mass is 35.5. The van der Waals surface area contributed by atoms with E-state index in [4.69, 9.17) is 17.3 Å². The highest BCUT2D eigenvalue weighted by Crippen LogP contribution is 2.26. The van der Waals surface area contributed by atoms with Crippen LogP contribution >= 0.6 is 11.6 Å². The molecular weight excluding hydrogens is 208 g/mol. The van der Waals surface area contributed by atoms with Crippen LogP contribution in [0.5, 0.6) is 0 Å². The summed E-state index contributed by atoms with van der Waals surface area (Å²) in [6.07, 6.45) is 0. The summed E-state index contributed by atoms with van der Waals surface area (Å²) in [5.41, 5.74) is 7.59. The fourth-order valence-electron chi connectivity index (χ4n) is 1.64. The summed E-state index contributed by atoms with van der Waals surface area (Å²) in [5, 5.41) is 1.56. The molecule has 1 aromatic heterocycles. The summed E-state index contributed by atoms with van der Waals surface area (Å²) in [6, 6.07) is 9.73. The zero-order valence-corrected chi connectivity index (χ0v) is 9.55. The van der Waals surface area contributed by atoms with E-state index in [2.05, 4.69) is 4.98 Å². The molecule has 0 unspecified atom stereocenters. The molecule has 0 aliphatic carbocycles. The number of nitrogens with two attached hydrogens (primary N) is 1. The average Bonchev–Trinajstić information content (AvgIpc) is 2.15. The van der Waals surface area contributed by atoms with Gasteiger partial charge in [0.05, 0.1) is 5.52 Å². The van der Waals surface area contributed by atoms with E-state index in [0.717, 1.165) is 16.5 Å². The van der Waals surface area contributed by atoms with Crippen LogP contribution in [0, 0.1) is 0 Å². The quantitative estimate of drug-likeness (QED) is 0.751. The van der Waals surface area contributed by atoms with E-state index >= 15 is 0 Å². The third-order valence-electron chi connectivity index (χ3n) is 2.38. The molecule has 0 bridgehead atoms. The number of halogens is 1. The maximum absolute atomic E-state index is 6.09. The van der Waals surface area contributed by atoms with Crippen LogP contribution in [-0.4, -0.2) is 4.98 Å². The van der Waals surface area contributed by atoms with Gasteiger partial charge in [-0.3, -0.25) is 0 Å². The third kappa shape index (κ3) is 1.96. The lowest BCUT2D eigenvalue weighted by atomic mass is 9.93. The molecule has 0 atom stereocenters. The normalized spacial score (nSPS) is 12.0. The van der Waals surface area contributed by atoms with Crippen LogP contribution < -0.4 is 5.73 Å². The van der Waals surface area contributed by atoms with Crippen molar-refractivity contribution in [3.8, 4) is 0 Å². The van der Waals surface area contributed by atoms with Gasteiger partial charge >= 0.3 is 0 Å². The first kappa shape index (κ1) is 10.4. The lowest BCUT2D eigenvalue weighted by Crippen LogP contribution is -2.29. The maximum Gasteiger partial charge on any atom is 0.129 e. The summed E-state index contributed by atoms with van der Waals surface area (Å²) in [5.74, 6) is 0. The Kier molecular flexibility index (Phi) is 2.41. The van der Waals surface area contributed by atoms with Crippen molar-refractivity contribution in [2.45, 2.75) is 19.4 Å². The van der Waals surface area contributed by atoms with Gasteiger partial charge in [0.2, 0.25) is 0 Å². The fourth-order valence-corrected chi connectivity index (χ4v) is 1.79. The number of nitrogens with zero attached hydrogens (tertiary/aromatic N) is 1. The molecule has 3 heteroatoms. The van der Waals surface area contributed by atoms with Crippen LogP contribution in [0.2, 0.25) is 5.15 Å². The predicted molar refractivity (Wildman–Crippen MR) is 64.0 cm³/mol. The second-order valence-corrected chi connectivity index (χ2v) is 4.62. The zero-order valence-electron chi connectivity index (χ0n) is 8.79. The SMILES string of the molecule is CC(C)(N)c1cccc2ccc(Cl)nc12. The smallest absolute Gasteiger partial charge is 0.129 e. The van der Waals surface area contributed by atoms with Crippen molar-refractivity contribution in [2.75, 3.05) is 0 Å². The van der Waals surface area contributed by atoms with Crippen LogP contribution in [0.25, 0.3) is 10.9 Å². The molecule has 78 valence electrons. The summed E-state index contributed by atoms with van der Waals surface area (Å²) in [4.78, 5) is 4.33. The molecule has 1 aromatic carbocycles. The minimum Gasteiger partial charge on any atom is -0.322 e. The van der Waals surface area contributed by atoms with Crippen molar-refractivity contribution in [2.24, 2.45) is 5.73 Å². The van der Waals surface area contributed by atoms with Crippen LogP contribution in [0.15, 0.2) is 30.3 Å². The fraction of sp³-hybridized carbons (Fsp3) is 0.250. The van der Waals surface area contributed by atoms with Gasteiger partial charge in [-0.2, -0.15) is 0 Å². The van der Waals surface area contributed by atoms with Crippen molar-refractivity contribution < 1.29 is 0 Å². The largest absolute Gasteiger partial charge is 0.322 e. The van der Waals surface area contributed by atoms with Gasteiger partial charge in [-0.15, -0.1) is 0 Å². The van der Waals surface area contributed by atoms with Gasteiger partial charge in [0.1, 0.15) is 5.15 Å². The number of hydrogen-bond donors (Lipinski definition) is 1. The molecule has 0 saturated heterocycles. The first-order valence-corrected chi connectivity index (χ1v) is 5.21. The number of benzene rings is 1. The van der Waals surface area contributed by atoms with E-state index in [-0.39, 0.29) is 0 Å². The zero-order chi connectivity index (χ0) is 11.1. The first-order valence-electron chi connectivity index (χ1n) is 4.83. The number of pyridine rings is 1. The Hall–Kier alpha value is -1.12. The van der Waals surface area contributed by atoms with E-state index in [0.29, 0.717) is 5.15 Å². The van der Waals surface area contributed by atoms with Gasteiger partial charge in [-0.1, -0.05) is 29.8 Å². The van der Waals surface area contributed by atoms with Gasteiger partial charge in [-0.05, 0) is 31.5 Å². The van der Waals surface area contributed by atoms with E-state index in [1.54, 1.807) is 6.07 Å². The number of fused-ring (bicyclic) bond motifs is 1. The molecule has 2 aromatic rings. The van der Waals surface area contributed by atoms with E-state index < -0.39 is 5.54 Å². The van der Waals surface area contributed by atoms with Gasteiger partial charge in [0, 0.05) is 10.9 Å². The second-order valence-electron chi connectivity index (χ2n) is 4.23. The molecule has 0 aliphatic heterocycles. The Morgan fingerprint density at radius 1 is 1.20 bits per heavy atom. The first-order chi connectivity index (χ1) is 6.98. The molecule has 0 spiro atoms. The molecule has 2 nitrogen and oxygen atoms in total. The molecular formula is C12H13ClN2. The molecule has 0 radical (unpaired) electrons. The second kappa shape index (κ2) is 3.47. The van der Waals surface area contributed by atoms with Crippen LogP contribution in [0.1, 0.15) is 19.4 Å². The van der Waals surface area contributed by atoms with E-state index in [9.17, 15) is 0 Å². The van der Waals surface area contributed by atoms with Crippen molar-refractivity contribution in [3.05, 3.63) is 41.0 Å². The summed E-state index contributed by atoms with van der Waals surface area (Å²) >= 11 is 5.89. The number of rotatable bonds is 1. The topological polar surface area (TPSA) is 38.9 Å². The molecule has 0 amide bonds. The number of hydrogen-bond acceptors (Lipinski definition) is 2. The Bertz CT molecular complexity index is 500. The van der Waals surface area contributed by atoms with Crippen molar-refractivity contribution in [3.63, 3.8) is 0 Å². The van der Waals surface area contributed by atoms with Crippen LogP contribution in [0.4, 0.5) is 0 Å². The molecule has 2 rings (SSSR count). The predicted octanol–water partition coefficient (Wildman–Crippen LogP) is 3.08. The van der Waals surface area contributed by atoms with E-state index in [1.807, 2.05) is 38.1 Å². The van der Waals surface area contributed by atoms with Gasteiger partial charge in [0.25, 0.3) is 0 Å². The standard InChI is InChI=1S/C12H13ClN2/c1-12(2,14)9-5-3-4-8-6-7-10(13)15-11(8)9/h3-7H,14H2,1-2H3. The van der Waals surface area contributed by atoms with E-state index in [1.165, 1.54) is 0 Å².